The van der Waals surface area contributed by atoms with Crippen LogP contribution in [0.1, 0.15) is 31.1 Å². The van der Waals surface area contributed by atoms with Crippen molar-refractivity contribution in [2.24, 2.45) is 0 Å². The van der Waals surface area contributed by atoms with Gasteiger partial charge in [-0.15, -0.1) is 0 Å². The van der Waals surface area contributed by atoms with Crippen molar-refractivity contribution in [3.05, 3.63) is 81.3 Å². The van der Waals surface area contributed by atoms with Crippen LogP contribution in [0.4, 0.5) is 11.4 Å². The van der Waals surface area contributed by atoms with Gasteiger partial charge in [-0.25, -0.2) is 4.90 Å². The molecule has 32 heavy (non-hydrogen) atoms. The number of anilines is 2. The minimum Gasteiger partial charge on any atom is -0.497 e. The molecule has 0 unspecified atom stereocenters. The quantitative estimate of drug-likeness (QED) is 0.526. The van der Waals surface area contributed by atoms with E-state index in [4.69, 9.17) is 32.7 Å². The van der Waals surface area contributed by atoms with Crippen LogP contribution in [0, 0.1) is 0 Å². The second-order valence-electron chi connectivity index (χ2n) is 6.80. The Kier molecular flexibility index (Phi) is 5.78. The molecule has 1 heterocycles. The summed E-state index contributed by atoms with van der Waals surface area (Å²) in [6, 6.07) is 13.9. The average molecular weight is 471 g/mol. The van der Waals surface area contributed by atoms with Crippen LogP contribution in [-0.4, -0.2) is 31.9 Å². The van der Waals surface area contributed by atoms with E-state index in [1.54, 1.807) is 30.3 Å². The van der Waals surface area contributed by atoms with Gasteiger partial charge in [0.05, 0.1) is 52.3 Å². The number of nitrogens with zero attached hydrogens (tertiary/aromatic N) is 1. The number of fused-ring (bicyclic) bond motifs is 1. The monoisotopic (exact) mass is 470 g/mol. The van der Waals surface area contributed by atoms with Gasteiger partial charge in [0.15, 0.2) is 0 Å². The number of ether oxygens (including phenoxy) is 2. The van der Waals surface area contributed by atoms with Gasteiger partial charge in [0.2, 0.25) is 0 Å². The smallest absolute Gasteiger partial charge is 0.266 e. The summed E-state index contributed by atoms with van der Waals surface area (Å²) in [7, 11) is 2.99. The Morgan fingerprint density at radius 3 is 2.09 bits per heavy atom. The number of carbonyl (C=O) groups excluding carboxylic acids is 3. The molecule has 1 aliphatic heterocycles. The molecule has 7 nitrogen and oxygen atoms in total. The van der Waals surface area contributed by atoms with Gasteiger partial charge in [-0.2, -0.15) is 0 Å². The van der Waals surface area contributed by atoms with Gasteiger partial charge in [0.1, 0.15) is 11.5 Å². The fourth-order valence-electron chi connectivity index (χ4n) is 3.40. The Morgan fingerprint density at radius 1 is 0.875 bits per heavy atom. The normalized spacial score (nSPS) is 12.6. The lowest BCUT2D eigenvalue weighted by Crippen LogP contribution is -2.31. The third kappa shape index (κ3) is 3.66. The van der Waals surface area contributed by atoms with Crippen LogP contribution in [0.5, 0.6) is 11.5 Å². The van der Waals surface area contributed by atoms with Crippen molar-refractivity contribution >= 4 is 52.3 Å². The van der Waals surface area contributed by atoms with E-state index in [-0.39, 0.29) is 32.4 Å². The maximum atomic E-state index is 13.1. The number of amides is 3. The number of halogens is 2. The summed E-state index contributed by atoms with van der Waals surface area (Å²) in [6.07, 6.45) is 0. The summed E-state index contributed by atoms with van der Waals surface area (Å²) >= 11 is 12.0. The van der Waals surface area contributed by atoms with Crippen molar-refractivity contribution in [3.8, 4) is 11.5 Å². The number of benzene rings is 3. The SMILES string of the molecule is COc1ccc(NC(=O)c2ccccc2N2C(=O)c3cc(Cl)c(Cl)cc3C2=O)c(OC)c1. The number of hydrogen-bond donors (Lipinski definition) is 1. The van der Waals surface area contributed by atoms with Crippen molar-refractivity contribution in [1.82, 2.24) is 0 Å². The largest absolute Gasteiger partial charge is 0.497 e. The first-order chi connectivity index (χ1) is 15.3. The molecule has 3 aromatic rings. The molecule has 0 aliphatic carbocycles. The second-order valence-corrected chi connectivity index (χ2v) is 7.61. The molecule has 0 spiro atoms. The van der Waals surface area contributed by atoms with Crippen molar-refractivity contribution in [2.75, 3.05) is 24.4 Å². The van der Waals surface area contributed by atoms with E-state index in [0.717, 1.165) is 4.90 Å². The van der Waals surface area contributed by atoms with Gasteiger partial charge >= 0.3 is 0 Å². The first-order valence-corrected chi connectivity index (χ1v) is 10.1. The van der Waals surface area contributed by atoms with Crippen LogP contribution in [0.2, 0.25) is 10.0 Å². The molecule has 0 fully saturated rings. The Bertz CT molecular complexity index is 1230. The molecule has 0 saturated carbocycles. The number of rotatable bonds is 5. The molecular formula is C23H16Cl2N2O5. The predicted octanol–water partition coefficient (Wildman–Crippen LogP) is 5.06. The average Bonchev–Trinajstić information content (AvgIpc) is 3.03. The van der Waals surface area contributed by atoms with Gasteiger partial charge in [-0.05, 0) is 36.4 Å². The molecule has 162 valence electrons. The van der Waals surface area contributed by atoms with E-state index >= 15 is 0 Å². The number of nitrogens with one attached hydrogen (secondary N) is 1. The van der Waals surface area contributed by atoms with Gasteiger partial charge in [-0.1, -0.05) is 35.3 Å². The number of hydrogen-bond acceptors (Lipinski definition) is 5. The van der Waals surface area contributed by atoms with Crippen molar-refractivity contribution in [3.63, 3.8) is 0 Å². The van der Waals surface area contributed by atoms with E-state index in [9.17, 15) is 14.4 Å². The Labute approximate surface area is 193 Å². The van der Waals surface area contributed by atoms with Crippen molar-refractivity contribution < 1.29 is 23.9 Å². The third-order valence-corrected chi connectivity index (χ3v) is 5.70. The lowest BCUT2D eigenvalue weighted by Gasteiger charge is -2.18. The fraction of sp³-hybridized carbons (Fsp3) is 0.0870. The standard InChI is InChI=1S/C23H16Cl2N2O5/c1-31-12-7-8-18(20(9-12)32-2)26-21(28)13-5-3-4-6-19(13)27-22(29)14-10-16(24)17(25)11-15(14)23(27)30/h3-11H,1-2H3,(H,26,28). The second kappa shape index (κ2) is 8.53. The summed E-state index contributed by atoms with van der Waals surface area (Å²) in [6.45, 7) is 0. The molecule has 1 N–H and O–H groups in total. The van der Waals surface area contributed by atoms with E-state index in [1.165, 1.54) is 38.5 Å². The molecule has 0 aromatic heterocycles. The molecule has 3 aromatic carbocycles. The Morgan fingerprint density at radius 2 is 1.50 bits per heavy atom. The van der Waals surface area contributed by atoms with Crippen LogP contribution < -0.4 is 19.7 Å². The zero-order valence-corrected chi connectivity index (χ0v) is 18.5. The predicted molar refractivity (Wildman–Crippen MR) is 122 cm³/mol. The summed E-state index contributed by atoms with van der Waals surface area (Å²) in [5.41, 5.74) is 0.898. The van der Waals surface area contributed by atoms with Crippen LogP contribution in [0.15, 0.2) is 54.6 Å². The highest BCUT2D eigenvalue weighted by Gasteiger charge is 2.39. The molecule has 4 rings (SSSR count). The van der Waals surface area contributed by atoms with Gasteiger partial charge in [0, 0.05) is 6.07 Å². The maximum absolute atomic E-state index is 13.1. The van der Waals surface area contributed by atoms with E-state index in [0.29, 0.717) is 17.2 Å². The van der Waals surface area contributed by atoms with Crippen LogP contribution in [-0.2, 0) is 0 Å². The lowest BCUT2D eigenvalue weighted by molar-refractivity contribution is 0.0926. The first-order valence-electron chi connectivity index (χ1n) is 9.36. The highest BCUT2D eigenvalue weighted by Crippen LogP contribution is 2.36. The zero-order chi connectivity index (χ0) is 23.0. The molecule has 0 atom stereocenters. The zero-order valence-electron chi connectivity index (χ0n) is 16.9. The van der Waals surface area contributed by atoms with Crippen molar-refractivity contribution in [1.29, 1.82) is 0 Å². The molecule has 0 bridgehead atoms. The summed E-state index contributed by atoms with van der Waals surface area (Å²) in [4.78, 5) is 40.1. The topological polar surface area (TPSA) is 84.9 Å². The number of methoxy groups -OCH3 is 2. The maximum Gasteiger partial charge on any atom is 0.266 e. The molecule has 3 amide bonds. The van der Waals surface area contributed by atoms with E-state index in [2.05, 4.69) is 5.32 Å². The highest BCUT2D eigenvalue weighted by atomic mass is 35.5. The lowest BCUT2D eigenvalue weighted by atomic mass is 10.1. The minimum atomic E-state index is -0.592. The number of carbonyl (C=O) groups is 3. The van der Waals surface area contributed by atoms with Crippen LogP contribution in [0.3, 0.4) is 0 Å². The summed E-state index contributed by atoms with van der Waals surface area (Å²) in [5.74, 6) is -0.767. The minimum absolute atomic E-state index is 0.122. The Balaban J connectivity index is 1.71. The highest BCUT2D eigenvalue weighted by molar-refractivity contribution is 6.44. The van der Waals surface area contributed by atoms with Crippen LogP contribution in [0.25, 0.3) is 0 Å². The third-order valence-electron chi connectivity index (χ3n) is 4.97. The fourth-order valence-corrected chi connectivity index (χ4v) is 3.73. The van der Waals surface area contributed by atoms with Gasteiger partial charge < -0.3 is 14.8 Å². The van der Waals surface area contributed by atoms with Crippen LogP contribution >= 0.6 is 23.2 Å². The summed E-state index contributed by atoms with van der Waals surface area (Å²) in [5, 5.41) is 3.07. The number of imide groups is 1. The van der Waals surface area contributed by atoms with Crippen molar-refractivity contribution in [2.45, 2.75) is 0 Å². The molecule has 1 aliphatic rings. The molecule has 0 radical (unpaired) electrons. The Hall–Kier alpha value is -3.55. The first kappa shape index (κ1) is 21.7. The number of para-hydroxylation sites is 1. The molecular weight excluding hydrogens is 455 g/mol. The van der Waals surface area contributed by atoms with E-state index < -0.39 is 17.7 Å². The van der Waals surface area contributed by atoms with Gasteiger partial charge in [0.25, 0.3) is 17.7 Å². The molecule has 0 saturated heterocycles. The molecule has 9 heteroatoms. The van der Waals surface area contributed by atoms with E-state index in [1.807, 2.05) is 0 Å². The van der Waals surface area contributed by atoms with Gasteiger partial charge in [-0.3, -0.25) is 14.4 Å². The summed E-state index contributed by atoms with van der Waals surface area (Å²) < 4.78 is 10.5.